The number of anilines is 2. The van der Waals surface area contributed by atoms with E-state index < -0.39 is 16.7 Å². The summed E-state index contributed by atoms with van der Waals surface area (Å²) in [5.74, 6) is -1.79. The van der Waals surface area contributed by atoms with Gasteiger partial charge in [0.05, 0.1) is 10.6 Å². The van der Waals surface area contributed by atoms with Crippen LogP contribution in [-0.4, -0.2) is 16.7 Å². The summed E-state index contributed by atoms with van der Waals surface area (Å²) >= 11 is 3.30. The zero-order chi connectivity index (χ0) is 17.0. The molecular weight excluding hydrogens is 366 g/mol. The molecule has 0 unspecified atom stereocenters. The van der Waals surface area contributed by atoms with Crippen LogP contribution in [0.25, 0.3) is 0 Å². The molecule has 23 heavy (non-hydrogen) atoms. The van der Waals surface area contributed by atoms with Crippen LogP contribution in [0.3, 0.4) is 0 Å². The Morgan fingerprint density at radius 1 is 1.09 bits per heavy atom. The number of nitrogens with zero attached hydrogens (tertiary/aromatic N) is 1. The van der Waals surface area contributed by atoms with Gasteiger partial charge < -0.3 is 10.6 Å². The first-order valence-corrected chi connectivity index (χ1v) is 7.29. The van der Waals surface area contributed by atoms with Crippen LogP contribution in [0.2, 0.25) is 0 Å². The molecule has 0 aromatic heterocycles. The number of halogens is 1. The number of amides is 2. The monoisotopic (exact) mass is 377 g/mol. The highest BCUT2D eigenvalue weighted by molar-refractivity contribution is 9.10. The van der Waals surface area contributed by atoms with E-state index in [-0.39, 0.29) is 11.4 Å². The van der Waals surface area contributed by atoms with Crippen LogP contribution >= 0.6 is 15.9 Å². The number of benzene rings is 2. The van der Waals surface area contributed by atoms with E-state index in [1.165, 1.54) is 24.3 Å². The van der Waals surface area contributed by atoms with Crippen LogP contribution in [0.15, 0.2) is 46.9 Å². The lowest BCUT2D eigenvalue weighted by molar-refractivity contribution is -0.384. The zero-order valence-electron chi connectivity index (χ0n) is 12.0. The highest BCUT2D eigenvalue weighted by atomic mass is 79.9. The number of nitro benzene ring substituents is 1. The molecule has 2 amide bonds. The summed E-state index contributed by atoms with van der Waals surface area (Å²) in [6, 6.07) is 10.6. The number of nitro groups is 1. The van der Waals surface area contributed by atoms with Gasteiger partial charge in [-0.1, -0.05) is 12.1 Å². The Morgan fingerprint density at radius 3 is 2.43 bits per heavy atom. The normalized spacial score (nSPS) is 10.0. The SMILES string of the molecule is Cc1ccc(NC(=O)C(=O)Nc2cccc([N+](=O)[O-])c2)c(Br)c1. The third-order valence-electron chi connectivity index (χ3n) is 2.89. The first-order valence-electron chi connectivity index (χ1n) is 6.50. The van der Waals surface area contributed by atoms with E-state index in [2.05, 4.69) is 26.6 Å². The maximum absolute atomic E-state index is 11.9. The lowest BCUT2D eigenvalue weighted by Crippen LogP contribution is -2.29. The van der Waals surface area contributed by atoms with E-state index in [1.807, 2.05) is 6.92 Å². The van der Waals surface area contributed by atoms with Gasteiger partial charge >= 0.3 is 11.8 Å². The highest BCUT2D eigenvalue weighted by Crippen LogP contribution is 2.23. The van der Waals surface area contributed by atoms with E-state index in [1.54, 1.807) is 18.2 Å². The number of hydrogen-bond donors (Lipinski definition) is 2. The van der Waals surface area contributed by atoms with E-state index in [9.17, 15) is 19.7 Å². The summed E-state index contributed by atoms with van der Waals surface area (Å²) in [7, 11) is 0. The Morgan fingerprint density at radius 2 is 1.78 bits per heavy atom. The second-order valence-corrected chi connectivity index (χ2v) is 5.55. The number of carbonyl (C=O) groups excluding carboxylic acids is 2. The van der Waals surface area contributed by atoms with Crippen molar-refractivity contribution in [1.82, 2.24) is 0 Å². The molecule has 2 rings (SSSR count). The van der Waals surface area contributed by atoms with Crippen LogP contribution in [0.4, 0.5) is 17.1 Å². The topological polar surface area (TPSA) is 101 Å². The Hall–Kier alpha value is -2.74. The van der Waals surface area contributed by atoms with Crippen molar-refractivity contribution in [2.75, 3.05) is 10.6 Å². The predicted octanol–water partition coefficient (Wildman–Crippen LogP) is 3.24. The molecule has 2 aromatic rings. The summed E-state index contributed by atoms with van der Waals surface area (Å²) in [5, 5.41) is 15.5. The van der Waals surface area contributed by atoms with Gasteiger partial charge in [0.25, 0.3) is 5.69 Å². The Kier molecular flexibility index (Phi) is 5.07. The Labute approximate surface area is 140 Å². The fourth-order valence-electron chi connectivity index (χ4n) is 1.79. The minimum atomic E-state index is -0.919. The maximum Gasteiger partial charge on any atom is 0.314 e. The lowest BCUT2D eigenvalue weighted by Gasteiger charge is -2.08. The first kappa shape index (κ1) is 16.6. The average Bonchev–Trinajstić information content (AvgIpc) is 2.50. The molecule has 0 fully saturated rings. The molecule has 0 aliphatic rings. The molecule has 0 radical (unpaired) electrons. The van der Waals surface area contributed by atoms with Crippen LogP contribution in [0.1, 0.15) is 5.56 Å². The van der Waals surface area contributed by atoms with Gasteiger partial charge in [0.15, 0.2) is 0 Å². The summed E-state index contributed by atoms with van der Waals surface area (Å²) in [6.07, 6.45) is 0. The third-order valence-corrected chi connectivity index (χ3v) is 3.55. The van der Waals surface area contributed by atoms with Crippen molar-refractivity contribution in [2.24, 2.45) is 0 Å². The standard InChI is InChI=1S/C15H12BrN3O4/c1-9-5-6-13(12(16)7-9)18-15(21)14(20)17-10-3-2-4-11(8-10)19(22)23/h2-8H,1H3,(H,17,20)(H,18,21). The van der Waals surface area contributed by atoms with Gasteiger partial charge in [-0.15, -0.1) is 0 Å². The van der Waals surface area contributed by atoms with Crippen molar-refractivity contribution in [3.8, 4) is 0 Å². The molecule has 0 saturated heterocycles. The van der Waals surface area contributed by atoms with Gasteiger partial charge in [-0.05, 0) is 46.6 Å². The van der Waals surface area contributed by atoms with Crippen LogP contribution in [0, 0.1) is 17.0 Å². The maximum atomic E-state index is 11.9. The van der Waals surface area contributed by atoms with Crippen molar-refractivity contribution in [1.29, 1.82) is 0 Å². The van der Waals surface area contributed by atoms with Gasteiger partial charge in [0, 0.05) is 22.3 Å². The zero-order valence-corrected chi connectivity index (χ0v) is 13.6. The van der Waals surface area contributed by atoms with Crippen LogP contribution in [0.5, 0.6) is 0 Å². The fourth-order valence-corrected chi connectivity index (χ4v) is 2.38. The summed E-state index contributed by atoms with van der Waals surface area (Å²) < 4.78 is 0.647. The van der Waals surface area contributed by atoms with Crippen molar-refractivity contribution in [3.05, 3.63) is 62.6 Å². The van der Waals surface area contributed by atoms with Gasteiger partial charge in [0.2, 0.25) is 0 Å². The number of carbonyl (C=O) groups is 2. The number of non-ortho nitro benzene ring substituents is 1. The molecule has 0 atom stereocenters. The van der Waals surface area contributed by atoms with Crippen LogP contribution < -0.4 is 10.6 Å². The second-order valence-electron chi connectivity index (χ2n) is 4.70. The largest absolute Gasteiger partial charge is 0.318 e. The smallest absolute Gasteiger partial charge is 0.314 e. The summed E-state index contributed by atoms with van der Waals surface area (Å²) in [6.45, 7) is 1.89. The van der Waals surface area contributed by atoms with Crippen LogP contribution in [-0.2, 0) is 9.59 Å². The second kappa shape index (κ2) is 7.01. The molecular formula is C15H12BrN3O4. The van der Waals surface area contributed by atoms with E-state index in [4.69, 9.17) is 0 Å². The quantitative estimate of drug-likeness (QED) is 0.486. The molecule has 0 bridgehead atoms. The molecule has 0 heterocycles. The van der Waals surface area contributed by atoms with E-state index in [0.717, 1.165) is 5.56 Å². The highest BCUT2D eigenvalue weighted by Gasteiger charge is 2.16. The molecule has 118 valence electrons. The lowest BCUT2D eigenvalue weighted by atomic mass is 10.2. The number of hydrogen-bond acceptors (Lipinski definition) is 4. The Bertz CT molecular complexity index is 792. The van der Waals surface area contributed by atoms with Gasteiger partial charge in [-0.25, -0.2) is 0 Å². The predicted molar refractivity (Wildman–Crippen MR) is 89.2 cm³/mol. The fraction of sp³-hybridized carbons (Fsp3) is 0.0667. The number of nitrogens with one attached hydrogen (secondary N) is 2. The Balaban J connectivity index is 2.07. The van der Waals surface area contributed by atoms with Crippen molar-refractivity contribution >= 4 is 44.8 Å². The van der Waals surface area contributed by atoms with Gasteiger partial charge in [0.1, 0.15) is 0 Å². The molecule has 0 aliphatic heterocycles. The molecule has 0 spiro atoms. The minimum absolute atomic E-state index is 0.169. The minimum Gasteiger partial charge on any atom is -0.318 e. The molecule has 8 heteroatoms. The van der Waals surface area contributed by atoms with Crippen molar-refractivity contribution in [2.45, 2.75) is 6.92 Å². The number of rotatable bonds is 3. The van der Waals surface area contributed by atoms with E-state index >= 15 is 0 Å². The van der Waals surface area contributed by atoms with Gasteiger partial charge in [-0.2, -0.15) is 0 Å². The molecule has 2 N–H and O–H groups in total. The molecule has 0 aliphatic carbocycles. The molecule has 7 nitrogen and oxygen atoms in total. The van der Waals surface area contributed by atoms with Gasteiger partial charge in [-0.3, -0.25) is 19.7 Å². The first-order chi connectivity index (χ1) is 10.9. The van der Waals surface area contributed by atoms with Crippen molar-refractivity contribution < 1.29 is 14.5 Å². The molecule has 2 aromatic carbocycles. The van der Waals surface area contributed by atoms with Crippen molar-refractivity contribution in [3.63, 3.8) is 0 Å². The molecule has 0 saturated carbocycles. The summed E-state index contributed by atoms with van der Waals surface area (Å²) in [5.41, 5.74) is 1.44. The average molecular weight is 378 g/mol. The summed E-state index contributed by atoms with van der Waals surface area (Å²) in [4.78, 5) is 33.9. The van der Waals surface area contributed by atoms with E-state index in [0.29, 0.717) is 10.2 Å². The third kappa shape index (κ3) is 4.36. The number of aryl methyl sites for hydroxylation is 1.